The van der Waals surface area contributed by atoms with Crippen LogP contribution in [0.2, 0.25) is 0 Å². The summed E-state index contributed by atoms with van der Waals surface area (Å²) in [7, 11) is 3.48. The standard InChI is InChI=1S/C16H26N2O2/c1-5-13(10-17)9-16(19)18(3)11-14-8-12(2)6-7-15(14)20-4/h6-8,13H,5,9-11,17H2,1-4H3. The van der Waals surface area contributed by atoms with Crippen LogP contribution in [-0.2, 0) is 11.3 Å². The number of aryl methyl sites for hydroxylation is 1. The molecular weight excluding hydrogens is 252 g/mol. The number of carbonyl (C=O) groups excluding carboxylic acids is 1. The van der Waals surface area contributed by atoms with E-state index in [2.05, 4.69) is 13.0 Å². The Bertz CT molecular complexity index is 442. The Morgan fingerprint density at radius 3 is 2.70 bits per heavy atom. The van der Waals surface area contributed by atoms with Crippen LogP contribution in [0.5, 0.6) is 5.75 Å². The van der Waals surface area contributed by atoms with Crippen molar-refractivity contribution in [3.05, 3.63) is 29.3 Å². The summed E-state index contributed by atoms with van der Waals surface area (Å²) in [6, 6.07) is 6.01. The lowest BCUT2D eigenvalue weighted by Gasteiger charge is -2.21. The van der Waals surface area contributed by atoms with Crippen LogP contribution in [0.15, 0.2) is 18.2 Å². The summed E-state index contributed by atoms with van der Waals surface area (Å²) in [5, 5.41) is 0. The Labute approximate surface area is 121 Å². The van der Waals surface area contributed by atoms with E-state index in [-0.39, 0.29) is 11.8 Å². The van der Waals surface area contributed by atoms with E-state index in [0.717, 1.165) is 23.3 Å². The lowest BCUT2D eigenvalue weighted by atomic mass is 10.0. The van der Waals surface area contributed by atoms with Gasteiger partial charge in [-0.1, -0.05) is 31.0 Å². The number of amides is 1. The van der Waals surface area contributed by atoms with Crippen molar-refractivity contribution in [3.8, 4) is 5.75 Å². The molecule has 1 amide bonds. The number of rotatable bonds is 7. The summed E-state index contributed by atoms with van der Waals surface area (Å²) in [5.41, 5.74) is 7.85. The molecule has 4 heteroatoms. The van der Waals surface area contributed by atoms with Crippen LogP contribution in [0.1, 0.15) is 30.9 Å². The molecule has 0 aromatic heterocycles. The van der Waals surface area contributed by atoms with Crippen molar-refractivity contribution in [3.63, 3.8) is 0 Å². The third kappa shape index (κ3) is 4.53. The zero-order chi connectivity index (χ0) is 15.1. The van der Waals surface area contributed by atoms with E-state index in [1.807, 2.05) is 26.1 Å². The SMILES string of the molecule is CCC(CN)CC(=O)N(C)Cc1cc(C)ccc1OC. The number of nitrogens with two attached hydrogens (primary N) is 1. The number of nitrogens with zero attached hydrogens (tertiary/aromatic N) is 1. The zero-order valence-corrected chi connectivity index (χ0v) is 13.0. The number of benzene rings is 1. The number of hydrogen-bond acceptors (Lipinski definition) is 3. The van der Waals surface area contributed by atoms with Crippen molar-refractivity contribution in [2.45, 2.75) is 33.2 Å². The van der Waals surface area contributed by atoms with Crippen molar-refractivity contribution >= 4 is 5.91 Å². The maximum atomic E-state index is 12.2. The van der Waals surface area contributed by atoms with E-state index in [1.54, 1.807) is 12.0 Å². The summed E-state index contributed by atoms with van der Waals surface area (Å²) in [5.74, 6) is 1.22. The minimum Gasteiger partial charge on any atom is -0.496 e. The lowest BCUT2D eigenvalue weighted by molar-refractivity contribution is -0.131. The minimum atomic E-state index is 0.130. The van der Waals surface area contributed by atoms with Gasteiger partial charge < -0.3 is 15.4 Å². The molecule has 1 atom stereocenters. The zero-order valence-electron chi connectivity index (χ0n) is 13.0. The van der Waals surface area contributed by atoms with Crippen LogP contribution in [0.3, 0.4) is 0 Å². The maximum absolute atomic E-state index is 12.2. The predicted octanol–water partition coefficient (Wildman–Crippen LogP) is 2.34. The third-order valence-electron chi connectivity index (χ3n) is 3.64. The molecule has 0 fully saturated rings. The molecule has 2 N–H and O–H groups in total. The van der Waals surface area contributed by atoms with Crippen molar-refractivity contribution < 1.29 is 9.53 Å². The molecule has 0 bridgehead atoms. The Balaban J connectivity index is 2.72. The predicted molar refractivity (Wildman–Crippen MR) is 81.7 cm³/mol. The molecule has 0 saturated heterocycles. The molecule has 1 unspecified atom stereocenters. The molecule has 112 valence electrons. The van der Waals surface area contributed by atoms with Crippen LogP contribution < -0.4 is 10.5 Å². The fourth-order valence-electron chi connectivity index (χ4n) is 2.17. The topological polar surface area (TPSA) is 55.6 Å². The quantitative estimate of drug-likeness (QED) is 0.833. The van der Waals surface area contributed by atoms with Gasteiger partial charge in [-0.25, -0.2) is 0 Å². The third-order valence-corrected chi connectivity index (χ3v) is 3.64. The van der Waals surface area contributed by atoms with Gasteiger partial charge in [-0.3, -0.25) is 4.79 Å². The summed E-state index contributed by atoms with van der Waals surface area (Å²) in [6.07, 6.45) is 1.45. The first-order valence-corrected chi connectivity index (χ1v) is 7.09. The number of ether oxygens (including phenoxy) is 1. The maximum Gasteiger partial charge on any atom is 0.222 e. The average molecular weight is 278 g/mol. The van der Waals surface area contributed by atoms with Crippen molar-refractivity contribution in [2.75, 3.05) is 20.7 Å². The van der Waals surface area contributed by atoms with Gasteiger partial charge in [-0.2, -0.15) is 0 Å². The minimum absolute atomic E-state index is 0.130. The van der Waals surface area contributed by atoms with Gasteiger partial charge in [0.2, 0.25) is 5.91 Å². The molecule has 0 heterocycles. The first-order valence-electron chi connectivity index (χ1n) is 7.09. The first-order chi connectivity index (χ1) is 9.51. The van der Waals surface area contributed by atoms with E-state index in [9.17, 15) is 4.79 Å². The van der Waals surface area contributed by atoms with Gasteiger partial charge in [0.25, 0.3) is 0 Å². The molecule has 1 aromatic carbocycles. The largest absolute Gasteiger partial charge is 0.496 e. The van der Waals surface area contributed by atoms with Crippen molar-refractivity contribution in [2.24, 2.45) is 11.7 Å². The molecule has 0 aliphatic rings. The second-order valence-electron chi connectivity index (χ2n) is 5.28. The van der Waals surface area contributed by atoms with Crippen LogP contribution in [0, 0.1) is 12.8 Å². The summed E-state index contributed by atoms with van der Waals surface area (Å²) in [6.45, 7) is 5.22. The van der Waals surface area contributed by atoms with Crippen LogP contribution >= 0.6 is 0 Å². The molecule has 0 aliphatic heterocycles. The Hall–Kier alpha value is -1.55. The summed E-state index contributed by atoms with van der Waals surface area (Å²) in [4.78, 5) is 13.9. The Morgan fingerprint density at radius 1 is 1.45 bits per heavy atom. The number of methoxy groups -OCH3 is 1. The van der Waals surface area contributed by atoms with Gasteiger partial charge in [-0.15, -0.1) is 0 Å². The smallest absolute Gasteiger partial charge is 0.222 e. The van der Waals surface area contributed by atoms with E-state index in [0.29, 0.717) is 19.5 Å². The lowest BCUT2D eigenvalue weighted by Crippen LogP contribution is -2.30. The van der Waals surface area contributed by atoms with Gasteiger partial charge in [0.1, 0.15) is 5.75 Å². The van der Waals surface area contributed by atoms with Crippen LogP contribution in [0.4, 0.5) is 0 Å². The second-order valence-corrected chi connectivity index (χ2v) is 5.28. The monoisotopic (exact) mass is 278 g/mol. The normalized spacial score (nSPS) is 12.1. The van der Waals surface area contributed by atoms with Crippen molar-refractivity contribution in [1.82, 2.24) is 4.90 Å². The molecule has 0 radical (unpaired) electrons. The fraction of sp³-hybridized carbons (Fsp3) is 0.562. The summed E-state index contributed by atoms with van der Waals surface area (Å²) < 4.78 is 5.35. The first kappa shape index (κ1) is 16.5. The molecule has 1 rings (SSSR count). The molecule has 1 aromatic rings. The van der Waals surface area contributed by atoms with Gasteiger partial charge >= 0.3 is 0 Å². The van der Waals surface area contributed by atoms with Crippen molar-refractivity contribution in [1.29, 1.82) is 0 Å². The van der Waals surface area contributed by atoms with Gasteiger partial charge in [0.15, 0.2) is 0 Å². The highest BCUT2D eigenvalue weighted by molar-refractivity contribution is 5.76. The Kier molecular flexibility index (Phi) is 6.52. The molecule has 0 aliphatic carbocycles. The van der Waals surface area contributed by atoms with Gasteiger partial charge in [-0.05, 0) is 25.5 Å². The van der Waals surface area contributed by atoms with Crippen LogP contribution in [0.25, 0.3) is 0 Å². The van der Waals surface area contributed by atoms with Gasteiger partial charge in [0, 0.05) is 25.6 Å². The summed E-state index contributed by atoms with van der Waals surface area (Å²) >= 11 is 0. The van der Waals surface area contributed by atoms with E-state index in [1.165, 1.54) is 0 Å². The number of carbonyl (C=O) groups is 1. The Morgan fingerprint density at radius 2 is 2.15 bits per heavy atom. The van der Waals surface area contributed by atoms with E-state index < -0.39 is 0 Å². The number of hydrogen-bond donors (Lipinski definition) is 1. The highest BCUT2D eigenvalue weighted by Crippen LogP contribution is 2.21. The molecule has 0 spiro atoms. The second kappa shape index (κ2) is 7.90. The van der Waals surface area contributed by atoms with Crippen LogP contribution in [-0.4, -0.2) is 31.5 Å². The average Bonchev–Trinajstić information content (AvgIpc) is 2.44. The molecule has 4 nitrogen and oxygen atoms in total. The molecule has 20 heavy (non-hydrogen) atoms. The fourth-order valence-corrected chi connectivity index (χ4v) is 2.17. The molecule has 0 saturated carbocycles. The highest BCUT2D eigenvalue weighted by Gasteiger charge is 2.16. The van der Waals surface area contributed by atoms with E-state index >= 15 is 0 Å². The van der Waals surface area contributed by atoms with E-state index in [4.69, 9.17) is 10.5 Å². The highest BCUT2D eigenvalue weighted by atomic mass is 16.5. The molecular formula is C16H26N2O2. The van der Waals surface area contributed by atoms with Gasteiger partial charge in [0.05, 0.1) is 7.11 Å².